The van der Waals surface area contributed by atoms with Gasteiger partial charge in [-0.25, -0.2) is 4.79 Å². The van der Waals surface area contributed by atoms with Crippen LogP contribution in [0.3, 0.4) is 0 Å². The molecule has 0 aromatic carbocycles. The van der Waals surface area contributed by atoms with Crippen LogP contribution >= 0.6 is 0 Å². The van der Waals surface area contributed by atoms with Crippen molar-refractivity contribution in [2.75, 3.05) is 26.3 Å². The molecule has 1 heterocycles. The van der Waals surface area contributed by atoms with Gasteiger partial charge in [-0.2, -0.15) is 0 Å². The van der Waals surface area contributed by atoms with E-state index in [2.05, 4.69) is 0 Å². The summed E-state index contributed by atoms with van der Waals surface area (Å²) < 4.78 is 10.5. The third kappa shape index (κ3) is 4.09. The van der Waals surface area contributed by atoms with E-state index in [0.717, 1.165) is 0 Å². The number of likely N-dealkylation sites (tertiary alicyclic amines) is 1. The molecule has 1 fully saturated rings. The molecule has 1 aliphatic rings. The summed E-state index contributed by atoms with van der Waals surface area (Å²) in [6.45, 7) is 8.27. The zero-order valence-corrected chi connectivity index (χ0v) is 12.1. The van der Waals surface area contributed by atoms with Crippen LogP contribution in [-0.4, -0.2) is 54.0 Å². The van der Waals surface area contributed by atoms with E-state index in [0.29, 0.717) is 19.6 Å². The third-order valence-electron chi connectivity index (χ3n) is 3.04. The first-order chi connectivity index (χ1) is 8.70. The van der Waals surface area contributed by atoms with Crippen molar-refractivity contribution in [3.05, 3.63) is 0 Å². The van der Waals surface area contributed by atoms with Crippen LogP contribution in [0.5, 0.6) is 0 Å². The van der Waals surface area contributed by atoms with Crippen LogP contribution in [0, 0.1) is 5.41 Å². The van der Waals surface area contributed by atoms with E-state index in [1.165, 1.54) is 4.90 Å². The number of amides is 1. The van der Waals surface area contributed by atoms with E-state index in [-0.39, 0.29) is 13.2 Å². The molecule has 1 rings (SSSR count). The highest BCUT2D eigenvalue weighted by molar-refractivity contribution is 5.78. The summed E-state index contributed by atoms with van der Waals surface area (Å²) in [4.78, 5) is 24.8. The molecule has 0 spiro atoms. The minimum absolute atomic E-state index is 0.123. The summed E-state index contributed by atoms with van der Waals surface area (Å²) in [5, 5.41) is 9.36. The monoisotopic (exact) mass is 273 g/mol. The minimum Gasteiger partial charge on any atom is -0.481 e. The fraction of sp³-hybridized carbons (Fsp3) is 0.846. The van der Waals surface area contributed by atoms with Gasteiger partial charge in [-0.15, -0.1) is 0 Å². The summed E-state index contributed by atoms with van der Waals surface area (Å²) >= 11 is 0. The van der Waals surface area contributed by atoms with Gasteiger partial charge in [0.25, 0.3) is 0 Å². The fourth-order valence-electron chi connectivity index (χ4n) is 2.01. The minimum atomic E-state index is -1.01. The maximum absolute atomic E-state index is 11.9. The Morgan fingerprint density at radius 3 is 2.47 bits per heavy atom. The number of aliphatic carboxylic acids is 1. The van der Waals surface area contributed by atoms with E-state index in [9.17, 15) is 14.7 Å². The summed E-state index contributed by atoms with van der Waals surface area (Å²) in [7, 11) is 0. The smallest absolute Gasteiger partial charge is 0.410 e. The molecule has 0 saturated carbocycles. The molecular weight excluding hydrogens is 250 g/mol. The first-order valence-electron chi connectivity index (χ1n) is 6.49. The van der Waals surface area contributed by atoms with Crippen LogP contribution in [-0.2, 0) is 14.3 Å². The fourth-order valence-corrected chi connectivity index (χ4v) is 2.01. The summed E-state index contributed by atoms with van der Waals surface area (Å²) in [6, 6.07) is 0. The molecule has 1 aliphatic heterocycles. The lowest BCUT2D eigenvalue weighted by Gasteiger charge is -2.26. The van der Waals surface area contributed by atoms with Crippen molar-refractivity contribution in [3.8, 4) is 0 Å². The number of carboxylic acid groups (broad SMARTS) is 1. The Balaban J connectivity index is 2.68. The van der Waals surface area contributed by atoms with Gasteiger partial charge < -0.3 is 19.5 Å². The number of rotatable bonds is 4. The van der Waals surface area contributed by atoms with Crippen molar-refractivity contribution in [1.29, 1.82) is 0 Å². The van der Waals surface area contributed by atoms with E-state index >= 15 is 0 Å². The Kier molecular flexibility index (Phi) is 4.79. The van der Waals surface area contributed by atoms with Crippen molar-refractivity contribution >= 4 is 12.1 Å². The number of ether oxygens (including phenoxy) is 2. The highest BCUT2D eigenvalue weighted by Gasteiger charge is 2.47. The van der Waals surface area contributed by atoms with Crippen molar-refractivity contribution in [2.24, 2.45) is 5.41 Å². The highest BCUT2D eigenvalue weighted by atomic mass is 16.6. The van der Waals surface area contributed by atoms with E-state index in [1.54, 1.807) is 20.8 Å². The van der Waals surface area contributed by atoms with Gasteiger partial charge in [-0.05, 0) is 34.1 Å². The Hall–Kier alpha value is -1.30. The molecule has 0 bridgehead atoms. The number of carboxylic acids is 1. The predicted molar refractivity (Wildman–Crippen MR) is 69.0 cm³/mol. The Bertz CT molecular complexity index is 349. The van der Waals surface area contributed by atoms with E-state index < -0.39 is 23.1 Å². The topological polar surface area (TPSA) is 76.1 Å². The van der Waals surface area contributed by atoms with Crippen molar-refractivity contribution in [3.63, 3.8) is 0 Å². The molecule has 1 amide bonds. The maximum Gasteiger partial charge on any atom is 0.410 e. The van der Waals surface area contributed by atoms with Crippen molar-refractivity contribution in [2.45, 2.75) is 39.7 Å². The van der Waals surface area contributed by atoms with Crippen molar-refractivity contribution < 1.29 is 24.2 Å². The molecular formula is C13H23NO5. The number of carbonyl (C=O) groups excluding carboxylic acids is 1. The second kappa shape index (κ2) is 5.77. The molecule has 110 valence electrons. The molecule has 1 saturated heterocycles. The van der Waals surface area contributed by atoms with Gasteiger partial charge in [0.1, 0.15) is 11.0 Å². The van der Waals surface area contributed by atoms with Crippen LogP contribution in [0.15, 0.2) is 0 Å². The quantitative estimate of drug-likeness (QED) is 0.844. The molecule has 0 aromatic rings. The molecule has 6 nitrogen and oxygen atoms in total. The molecule has 1 N–H and O–H groups in total. The average molecular weight is 273 g/mol. The van der Waals surface area contributed by atoms with Gasteiger partial charge in [0.2, 0.25) is 0 Å². The molecule has 0 aromatic heterocycles. The lowest BCUT2D eigenvalue weighted by atomic mass is 9.88. The largest absolute Gasteiger partial charge is 0.481 e. The summed E-state index contributed by atoms with van der Waals surface area (Å²) in [5.41, 5.74) is -1.58. The lowest BCUT2D eigenvalue weighted by Crippen LogP contribution is -2.41. The van der Waals surface area contributed by atoms with Gasteiger partial charge in [0.05, 0.1) is 6.61 Å². The number of hydrogen-bond acceptors (Lipinski definition) is 4. The van der Waals surface area contributed by atoms with E-state index in [4.69, 9.17) is 9.47 Å². The van der Waals surface area contributed by atoms with Crippen LogP contribution in [0.1, 0.15) is 34.1 Å². The normalized spacial score (nSPS) is 23.5. The zero-order chi connectivity index (χ0) is 14.7. The standard InChI is InChI=1S/C13H23NO5/c1-5-18-9-13(10(15)16)6-7-14(8-13)11(17)19-12(2,3)4/h5-9H2,1-4H3,(H,15,16). The molecule has 1 unspecified atom stereocenters. The lowest BCUT2D eigenvalue weighted by molar-refractivity contribution is -0.151. The SMILES string of the molecule is CCOCC1(C(=O)O)CCN(C(=O)OC(C)(C)C)C1. The Morgan fingerprint density at radius 2 is 2.00 bits per heavy atom. The van der Waals surface area contributed by atoms with Gasteiger partial charge >= 0.3 is 12.1 Å². The summed E-state index contributed by atoms with van der Waals surface area (Å²) in [5.74, 6) is -0.924. The van der Waals surface area contributed by atoms with Gasteiger partial charge in [0, 0.05) is 19.7 Å². The third-order valence-corrected chi connectivity index (χ3v) is 3.04. The maximum atomic E-state index is 11.9. The van der Waals surface area contributed by atoms with Gasteiger partial charge in [0.15, 0.2) is 0 Å². The Labute approximate surface area is 113 Å². The number of carbonyl (C=O) groups is 2. The second-order valence-electron chi connectivity index (χ2n) is 5.87. The van der Waals surface area contributed by atoms with Gasteiger partial charge in [-0.1, -0.05) is 0 Å². The predicted octanol–water partition coefficient (Wildman–Crippen LogP) is 1.73. The first kappa shape index (κ1) is 15.8. The molecule has 19 heavy (non-hydrogen) atoms. The van der Waals surface area contributed by atoms with Crippen molar-refractivity contribution in [1.82, 2.24) is 4.90 Å². The molecule has 0 radical (unpaired) electrons. The van der Waals surface area contributed by atoms with Crippen LogP contribution in [0.25, 0.3) is 0 Å². The zero-order valence-electron chi connectivity index (χ0n) is 12.1. The van der Waals surface area contributed by atoms with Crippen LogP contribution < -0.4 is 0 Å². The average Bonchev–Trinajstić information content (AvgIpc) is 2.69. The second-order valence-corrected chi connectivity index (χ2v) is 5.87. The molecule has 0 aliphatic carbocycles. The number of hydrogen-bond donors (Lipinski definition) is 1. The molecule has 1 atom stereocenters. The molecule has 6 heteroatoms. The van der Waals surface area contributed by atoms with E-state index in [1.807, 2.05) is 6.92 Å². The summed E-state index contributed by atoms with van der Waals surface area (Å²) in [6.07, 6.45) is -0.0752. The van der Waals surface area contributed by atoms with Gasteiger partial charge in [-0.3, -0.25) is 4.79 Å². The van der Waals surface area contributed by atoms with Crippen LogP contribution in [0.4, 0.5) is 4.79 Å². The number of nitrogens with zero attached hydrogens (tertiary/aromatic N) is 1. The highest BCUT2D eigenvalue weighted by Crippen LogP contribution is 2.32. The first-order valence-corrected chi connectivity index (χ1v) is 6.49. The van der Waals surface area contributed by atoms with Crippen LogP contribution in [0.2, 0.25) is 0 Å². The Morgan fingerprint density at radius 1 is 1.37 bits per heavy atom.